The lowest BCUT2D eigenvalue weighted by molar-refractivity contribution is -0.118. The summed E-state index contributed by atoms with van der Waals surface area (Å²) in [6.45, 7) is 9.54. The number of hydrogen-bond acceptors (Lipinski definition) is 4. The van der Waals surface area contributed by atoms with Crippen LogP contribution < -0.4 is 10.1 Å². The van der Waals surface area contributed by atoms with Crippen LogP contribution in [0.15, 0.2) is 53.4 Å². The highest BCUT2D eigenvalue weighted by Gasteiger charge is 2.27. The van der Waals surface area contributed by atoms with Gasteiger partial charge in [0.2, 0.25) is 10.0 Å². The lowest BCUT2D eigenvalue weighted by atomic mass is 9.87. The summed E-state index contributed by atoms with van der Waals surface area (Å²) >= 11 is 0. The molecule has 2 aromatic rings. The van der Waals surface area contributed by atoms with E-state index in [9.17, 15) is 13.2 Å². The Morgan fingerprint density at radius 3 is 2.16 bits per heavy atom. The van der Waals surface area contributed by atoms with Crippen molar-refractivity contribution in [1.82, 2.24) is 4.31 Å². The van der Waals surface area contributed by atoms with E-state index in [2.05, 4.69) is 33.0 Å². The summed E-state index contributed by atoms with van der Waals surface area (Å²) in [6, 6.07) is 14.0. The summed E-state index contributed by atoms with van der Waals surface area (Å²) in [5.74, 6) is 0.878. The maximum atomic E-state index is 12.8. The quantitative estimate of drug-likeness (QED) is 0.716. The van der Waals surface area contributed by atoms with Crippen molar-refractivity contribution in [3.05, 3.63) is 54.1 Å². The number of nitrogens with one attached hydrogen (secondary N) is 1. The molecule has 0 bridgehead atoms. The molecule has 1 heterocycles. The highest BCUT2D eigenvalue weighted by molar-refractivity contribution is 7.89. The number of sulfonamides is 1. The average Bonchev–Trinajstić information content (AvgIpc) is 2.73. The van der Waals surface area contributed by atoms with Gasteiger partial charge >= 0.3 is 0 Å². The Morgan fingerprint density at radius 2 is 1.61 bits per heavy atom. The summed E-state index contributed by atoms with van der Waals surface area (Å²) in [5.41, 5.74) is 1.78. The molecule has 0 spiro atoms. The van der Waals surface area contributed by atoms with Crippen molar-refractivity contribution in [2.45, 2.75) is 50.8 Å². The zero-order valence-corrected chi connectivity index (χ0v) is 19.5. The molecule has 0 atom stereocenters. The predicted octanol–water partition coefficient (Wildman–Crippen LogP) is 4.42. The van der Waals surface area contributed by atoms with Gasteiger partial charge in [0.25, 0.3) is 5.91 Å². The van der Waals surface area contributed by atoms with Crippen LogP contribution in [0.2, 0.25) is 0 Å². The van der Waals surface area contributed by atoms with Crippen LogP contribution in [-0.2, 0) is 20.2 Å². The van der Waals surface area contributed by atoms with Crippen molar-refractivity contribution in [2.24, 2.45) is 5.92 Å². The van der Waals surface area contributed by atoms with Crippen LogP contribution >= 0.6 is 0 Å². The minimum atomic E-state index is -3.50. The molecule has 0 unspecified atom stereocenters. The van der Waals surface area contributed by atoms with Gasteiger partial charge in [0.1, 0.15) is 5.75 Å². The monoisotopic (exact) mass is 444 g/mol. The zero-order valence-electron chi connectivity index (χ0n) is 18.7. The molecule has 31 heavy (non-hydrogen) atoms. The van der Waals surface area contributed by atoms with Crippen molar-refractivity contribution >= 4 is 21.6 Å². The lowest BCUT2D eigenvalue weighted by Gasteiger charge is -2.29. The summed E-state index contributed by atoms with van der Waals surface area (Å²) in [5, 5.41) is 2.74. The SMILES string of the molecule is CC1CCN(S(=O)(=O)c2ccc(NC(=O)COc3ccc(C(C)(C)C)cc3)cc2)CC1. The number of piperidine rings is 1. The number of benzene rings is 2. The zero-order chi connectivity index (χ0) is 22.6. The lowest BCUT2D eigenvalue weighted by Crippen LogP contribution is -2.37. The first-order valence-electron chi connectivity index (χ1n) is 10.7. The fourth-order valence-electron chi connectivity index (χ4n) is 3.48. The Balaban J connectivity index is 1.54. The van der Waals surface area contributed by atoms with Gasteiger partial charge in [0.05, 0.1) is 4.90 Å². The summed E-state index contributed by atoms with van der Waals surface area (Å²) in [4.78, 5) is 12.5. The molecule has 2 aromatic carbocycles. The number of nitrogens with zero attached hydrogens (tertiary/aromatic N) is 1. The maximum absolute atomic E-state index is 12.8. The molecule has 1 saturated heterocycles. The second kappa shape index (κ2) is 9.40. The van der Waals surface area contributed by atoms with E-state index < -0.39 is 10.0 Å². The first-order chi connectivity index (χ1) is 14.6. The number of anilines is 1. The van der Waals surface area contributed by atoms with Gasteiger partial charge in [-0.3, -0.25) is 4.79 Å². The van der Waals surface area contributed by atoms with Gasteiger partial charge < -0.3 is 10.1 Å². The van der Waals surface area contributed by atoms with E-state index in [1.807, 2.05) is 24.3 Å². The maximum Gasteiger partial charge on any atom is 0.262 e. The molecular formula is C24H32N2O4S. The number of rotatable bonds is 6. The van der Waals surface area contributed by atoms with Crippen LogP contribution in [0.25, 0.3) is 0 Å². The van der Waals surface area contributed by atoms with Gasteiger partial charge in [-0.15, -0.1) is 0 Å². The highest BCUT2D eigenvalue weighted by atomic mass is 32.2. The van der Waals surface area contributed by atoms with Crippen LogP contribution in [-0.4, -0.2) is 38.3 Å². The number of amides is 1. The Kier molecular flexibility index (Phi) is 7.06. The third-order valence-electron chi connectivity index (χ3n) is 5.61. The van der Waals surface area contributed by atoms with E-state index in [-0.39, 0.29) is 22.8 Å². The number of carbonyl (C=O) groups excluding carboxylic acids is 1. The summed E-state index contributed by atoms with van der Waals surface area (Å²) in [7, 11) is -3.50. The Bertz CT molecular complexity index is 985. The summed E-state index contributed by atoms with van der Waals surface area (Å²) < 4.78 is 32.7. The fraction of sp³-hybridized carbons (Fsp3) is 0.458. The van der Waals surface area contributed by atoms with E-state index in [0.29, 0.717) is 30.4 Å². The largest absolute Gasteiger partial charge is 0.484 e. The Labute approximate surface area is 185 Å². The smallest absolute Gasteiger partial charge is 0.262 e. The van der Waals surface area contributed by atoms with E-state index >= 15 is 0 Å². The van der Waals surface area contributed by atoms with Crippen molar-refractivity contribution in [3.63, 3.8) is 0 Å². The minimum Gasteiger partial charge on any atom is -0.484 e. The fourth-order valence-corrected chi connectivity index (χ4v) is 4.95. The molecule has 7 heteroatoms. The van der Waals surface area contributed by atoms with Crippen LogP contribution in [0.4, 0.5) is 5.69 Å². The van der Waals surface area contributed by atoms with E-state index in [4.69, 9.17) is 4.74 Å². The van der Waals surface area contributed by atoms with E-state index in [1.165, 1.54) is 17.7 Å². The third-order valence-corrected chi connectivity index (χ3v) is 7.52. The topological polar surface area (TPSA) is 75.7 Å². The third kappa shape index (κ3) is 6.08. The van der Waals surface area contributed by atoms with Crippen LogP contribution in [0, 0.1) is 5.92 Å². The minimum absolute atomic E-state index is 0.0575. The van der Waals surface area contributed by atoms with E-state index in [1.54, 1.807) is 16.4 Å². The Morgan fingerprint density at radius 1 is 1.03 bits per heavy atom. The molecule has 1 amide bonds. The van der Waals surface area contributed by atoms with Crippen molar-refractivity contribution in [2.75, 3.05) is 25.0 Å². The molecule has 1 fully saturated rings. The number of carbonyl (C=O) groups is 1. The van der Waals surface area contributed by atoms with E-state index in [0.717, 1.165) is 12.8 Å². The number of ether oxygens (including phenoxy) is 1. The molecule has 0 saturated carbocycles. The van der Waals surface area contributed by atoms with Gasteiger partial charge in [-0.25, -0.2) is 8.42 Å². The molecule has 0 radical (unpaired) electrons. The molecule has 168 valence electrons. The van der Waals surface area contributed by atoms with Crippen LogP contribution in [0.1, 0.15) is 46.1 Å². The highest BCUT2D eigenvalue weighted by Crippen LogP contribution is 2.25. The first kappa shape index (κ1) is 23.3. The predicted molar refractivity (Wildman–Crippen MR) is 123 cm³/mol. The average molecular weight is 445 g/mol. The van der Waals surface area contributed by atoms with Crippen LogP contribution in [0.5, 0.6) is 5.75 Å². The standard InChI is InChI=1S/C24H32N2O4S/c1-18-13-15-26(16-14-18)31(28,29)22-11-7-20(8-12-22)25-23(27)17-30-21-9-5-19(6-10-21)24(2,3)4/h5-12,18H,13-17H2,1-4H3,(H,25,27). The molecule has 3 rings (SSSR count). The van der Waals surface area contributed by atoms with Crippen molar-refractivity contribution in [1.29, 1.82) is 0 Å². The van der Waals surface area contributed by atoms with Gasteiger partial charge in [0, 0.05) is 18.8 Å². The van der Waals surface area contributed by atoms with Crippen molar-refractivity contribution < 1.29 is 17.9 Å². The second-order valence-corrected chi connectivity index (χ2v) is 11.2. The normalized spacial score (nSPS) is 16.1. The molecule has 0 aliphatic carbocycles. The van der Waals surface area contributed by atoms with Gasteiger partial charge in [-0.2, -0.15) is 4.31 Å². The Hall–Kier alpha value is -2.38. The van der Waals surface area contributed by atoms with Gasteiger partial charge in [-0.05, 0) is 66.1 Å². The van der Waals surface area contributed by atoms with Gasteiger partial charge in [0.15, 0.2) is 6.61 Å². The molecular weight excluding hydrogens is 412 g/mol. The van der Waals surface area contributed by atoms with Crippen molar-refractivity contribution in [3.8, 4) is 5.75 Å². The first-order valence-corrected chi connectivity index (χ1v) is 12.1. The molecule has 6 nitrogen and oxygen atoms in total. The molecule has 1 aliphatic rings. The van der Waals surface area contributed by atoms with Gasteiger partial charge in [-0.1, -0.05) is 39.8 Å². The second-order valence-electron chi connectivity index (χ2n) is 9.22. The summed E-state index contributed by atoms with van der Waals surface area (Å²) in [6.07, 6.45) is 1.76. The van der Waals surface area contributed by atoms with Crippen LogP contribution in [0.3, 0.4) is 0 Å². The molecule has 1 N–H and O–H groups in total. The molecule has 0 aromatic heterocycles. The molecule has 1 aliphatic heterocycles. The number of hydrogen-bond donors (Lipinski definition) is 1.